The van der Waals surface area contributed by atoms with E-state index in [1.807, 2.05) is 48.9 Å². The number of para-hydroxylation sites is 1. The lowest BCUT2D eigenvalue weighted by molar-refractivity contribution is 0.290. The SMILES string of the molecule is CC.CCn1c(CN2CCC3(CCc4ccccc43)C2)c(Cl)c(=O)n1-c1ccccc1. The molecule has 1 fully saturated rings. The number of aromatic nitrogens is 2. The van der Waals surface area contributed by atoms with Gasteiger partial charge in [0.2, 0.25) is 0 Å². The molecule has 2 aromatic carbocycles. The molecule has 5 heteroatoms. The van der Waals surface area contributed by atoms with Gasteiger partial charge in [0.15, 0.2) is 0 Å². The van der Waals surface area contributed by atoms with Crippen molar-refractivity contribution in [2.45, 2.75) is 58.5 Å². The Balaban J connectivity index is 0.00000112. The molecule has 31 heavy (non-hydrogen) atoms. The lowest BCUT2D eigenvalue weighted by Gasteiger charge is -2.26. The van der Waals surface area contributed by atoms with Gasteiger partial charge in [-0.1, -0.05) is 67.9 Å². The zero-order valence-electron chi connectivity index (χ0n) is 18.8. The summed E-state index contributed by atoms with van der Waals surface area (Å²) in [5, 5.41) is 0.350. The minimum absolute atomic E-state index is 0.130. The van der Waals surface area contributed by atoms with Crippen LogP contribution in [0.25, 0.3) is 5.69 Å². The van der Waals surface area contributed by atoms with E-state index in [-0.39, 0.29) is 11.0 Å². The molecular formula is C26H32ClN3O. The van der Waals surface area contributed by atoms with Crippen LogP contribution in [0.15, 0.2) is 59.4 Å². The number of benzene rings is 2. The molecule has 0 N–H and O–H groups in total. The normalized spacial score (nSPS) is 20.0. The van der Waals surface area contributed by atoms with Gasteiger partial charge in [-0.15, -0.1) is 0 Å². The standard InChI is InChI=1S/C24H26ClN3O.C2H6/c1-2-27-21(22(25)23(29)28(27)19-9-4-3-5-10-19)16-26-15-14-24(17-26)13-12-18-8-6-7-11-20(18)24;1-2/h3-11H,2,12-17H2,1H3;1-2H3. The smallest absolute Gasteiger partial charge is 0.290 e. The molecule has 0 bridgehead atoms. The van der Waals surface area contributed by atoms with Crippen molar-refractivity contribution in [2.24, 2.45) is 0 Å². The number of halogens is 1. The molecule has 2 aliphatic rings. The van der Waals surface area contributed by atoms with Gasteiger partial charge in [0, 0.05) is 25.0 Å². The van der Waals surface area contributed by atoms with Crippen LogP contribution in [0.3, 0.4) is 0 Å². The van der Waals surface area contributed by atoms with Crippen molar-refractivity contribution in [1.29, 1.82) is 0 Å². The molecule has 1 atom stereocenters. The van der Waals surface area contributed by atoms with E-state index in [0.717, 1.165) is 24.5 Å². The molecule has 5 rings (SSSR count). The van der Waals surface area contributed by atoms with Crippen molar-refractivity contribution in [3.05, 3.63) is 86.8 Å². The molecule has 0 saturated carbocycles. The minimum Gasteiger partial charge on any atom is -0.297 e. The zero-order valence-corrected chi connectivity index (χ0v) is 19.5. The predicted octanol–water partition coefficient (Wildman–Crippen LogP) is 5.43. The first-order chi connectivity index (χ1) is 15.1. The van der Waals surface area contributed by atoms with Gasteiger partial charge in [-0.2, -0.15) is 0 Å². The molecule has 2 heterocycles. The van der Waals surface area contributed by atoms with E-state index in [2.05, 4.69) is 36.1 Å². The maximum absolute atomic E-state index is 12.9. The van der Waals surface area contributed by atoms with Crippen molar-refractivity contribution < 1.29 is 0 Å². The molecule has 1 spiro atoms. The van der Waals surface area contributed by atoms with Crippen LogP contribution in [0.2, 0.25) is 5.02 Å². The van der Waals surface area contributed by atoms with Gasteiger partial charge < -0.3 is 0 Å². The Kier molecular flexibility index (Phi) is 6.40. The summed E-state index contributed by atoms with van der Waals surface area (Å²) in [6.07, 6.45) is 3.58. The first-order valence-corrected chi connectivity index (χ1v) is 11.9. The third kappa shape index (κ3) is 3.77. The predicted molar refractivity (Wildman–Crippen MR) is 128 cm³/mol. The molecule has 1 aromatic heterocycles. The van der Waals surface area contributed by atoms with Crippen LogP contribution in [-0.2, 0) is 24.9 Å². The average Bonchev–Trinajstić information content (AvgIpc) is 3.47. The number of fused-ring (bicyclic) bond motifs is 2. The van der Waals surface area contributed by atoms with Crippen molar-refractivity contribution in [2.75, 3.05) is 13.1 Å². The number of hydrogen-bond donors (Lipinski definition) is 0. The fourth-order valence-electron chi connectivity index (χ4n) is 5.36. The Bertz CT molecular complexity index is 1100. The second-order valence-corrected chi connectivity index (χ2v) is 8.71. The van der Waals surface area contributed by atoms with Crippen LogP contribution in [0.1, 0.15) is 50.4 Å². The maximum Gasteiger partial charge on any atom is 0.290 e. The van der Waals surface area contributed by atoms with Gasteiger partial charge in [-0.3, -0.25) is 14.4 Å². The highest BCUT2D eigenvalue weighted by Gasteiger charge is 2.44. The van der Waals surface area contributed by atoms with Crippen molar-refractivity contribution in [1.82, 2.24) is 14.3 Å². The van der Waals surface area contributed by atoms with Gasteiger partial charge in [-0.25, -0.2) is 4.68 Å². The molecule has 1 aliphatic heterocycles. The molecule has 1 saturated heterocycles. The maximum atomic E-state index is 12.9. The van der Waals surface area contributed by atoms with E-state index in [0.29, 0.717) is 18.1 Å². The fourth-order valence-corrected chi connectivity index (χ4v) is 5.60. The summed E-state index contributed by atoms with van der Waals surface area (Å²) < 4.78 is 3.75. The second-order valence-electron chi connectivity index (χ2n) is 8.33. The largest absolute Gasteiger partial charge is 0.297 e. The van der Waals surface area contributed by atoms with Gasteiger partial charge >= 0.3 is 0 Å². The molecule has 0 radical (unpaired) electrons. The Morgan fingerprint density at radius 2 is 1.71 bits per heavy atom. The summed E-state index contributed by atoms with van der Waals surface area (Å²) in [6.45, 7) is 9.56. The van der Waals surface area contributed by atoms with E-state index in [1.54, 1.807) is 4.68 Å². The zero-order chi connectivity index (χ0) is 22.0. The Hall–Kier alpha value is -2.30. The summed E-state index contributed by atoms with van der Waals surface area (Å²) in [4.78, 5) is 15.4. The van der Waals surface area contributed by atoms with Gasteiger partial charge in [-0.05, 0) is 56.0 Å². The summed E-state index contributed by atoms with van der Waals surface area (Å²) in [7, 11) is 0. The minimum atomic E-state index is -0.130. The summed E-state index contributed by atoms with van der Waals surface area (Å²) in [6, 6.07) is 18.7. The van der Waals surface area contributed by atoms with Gasteiger partial charge in [0.05, 0.1) is 11.4 Å². The number of aryl methyl sites for hydroxylation is 1. The van der Waals surface area contributed by atoms with Crippen LogP contribution in [-0.4, -0.2) is 27.4 Å². The van der Waals surface area contributed by atoms with E-state index < -0.39 is 0 Å². The van der Waals surface area contributed by atoms with E-state index in [4.69, 9.17) is 11.6 Å². The Morgan fingerprint density at radius 1 is 1.00 bits per heavy atom. The third-order valence-corrected chi connectivity index (χ3v) is 7.13. The average molecular weight is 438 g/mol. The van der Waals surface area contributed by atoms with E-state index in [1.165, 1.54) is 30.4 Å². The fraction of sp³-hybridized carbons (Fsp3) is 0.423. The highest BCUT2D eigenvalue weighted by atomic mass is 35.5. The summed E-state index contributed by atoms with van der Waals surface area (Å²) in [5.41, 5.74) is 4.95. The number of likely N-dealkylation sites (tertiary alicyclic amines) is 1. The lowest BCUT2D eigenvalue weighted by atomic mass is 9.81. The first-order valence-electron chi connectivity index (χ1n) is 11.5. The van der Waals surface area contributed by atoms with Crippen LogP contribution in [0, 0.1) is 0 Å². The van der Waals surface area contributed by atoms with Crippen LogP contribution in [0.5, 0.6) is 0 Å². The monoisotopic (exact) mass is 437 g/mol. The summed E-state index contributed by atoms with van der Waals surface area (Å²) in [5.74, 6) is 0. The second kappa shape index (κ2) is 9.05. The quantitative estimate of drug-likeness (QED) is 0.544. The lowest BCUT2D eigenvalue weighted by Crippen LogP contribution is -2.29. The molecule has 0 amide bonds. The number of nitrogens with zero attached hydrogens (tertiary/aromatic N) is 3. The highest BCUT2D eigenvalue weighted by molar-refractivity contribution is 6.31. The van der Waals surface area contributed by atoms with Crippen molar-refractivity contribution in [3.63, 3.8) is 0 Å². The van der Waals surface area contributed by atoms with Crippen LogP contribution in [0.4, 0.5) is 0 Å². The molecule has 1 unspecified atom stereocenters. The van der Waals surface area contributed by atoms with Crippen molar-refractivity contribution >= 4 is 11.6 Å². The van der Waals surface area contributed by atoms with Crippen LogP contribution < -0.4 is 5.56 Å². The first kappa shape index (κ1) is 21.9. The van der Waals surface area contributed by atoms with E-state index >= 15 is 0 Å². The van der Waals surface area contributed by atoms with Crippen molar-refractivity contribution in [3.8, 4) is 5.69 Å². The number of rotatable bonds is 4. The van der Waals surface area contributed by atoms with Crippen LogP contribution >= 0.6 is 11.6 Å². The molecule has 164 valence electrons. The topological polar surface area (TPSA) is 30.2 Å². The van der Waals surface area contributed by atoms with Gasteiger partial charge in [0.25, 0.3) is 5.56 Å². The van der Waals surface area contributed by atoms with E-state index in [9.17, 15) is 4.79 Å². The molecule has 1 aliphatic carbocycles. The molecule has 4 nitrogen and oxygen atoms in total. The third-order valence-electron chi connectivity index (χ3n) is 6.75. The van der Waals surface area contributed by atoms with Gasteiger partial charge in [0.1, 0.15) is 5.02 Å². The Morgan fingerprint density at radius 3 is 2.45 bits per heavy atom. The summed E-state index contributed by atoms with van der Waals surface area (Å²) >= 11 is 6.58. The highest BCUT2D eigenvalue weighted by Crippen LogP contribution is 2.45. The molecule has 3 aromatic rings. The molecular weight excluding hydrogens is 406 g/mol. The Labute approximate surface area is 190 Å². The number of hydrogen-bond acceptors (Lipinski definition) is 2.